The van der Waals surface area contributed by atoms with E-state index in [1.54, 1.807) is 0 Å². The number of aliphatic hydroxyl groups excluding tert-OH is 1. The fourth-order valence-electron chi connectivity index (χ4n) is 1.80. The summed E-state index contributed by atoms with van der Waals surface area (Å²) in [6.45, 7) is 4.20. The molecule has 0 aromatic rings. The van der Waals surface area contributed by atoms with E-state index in [-0.39, 0.29) is 18.2 Å². The second kappa shape index (κ2) is 4.78. The molecule has 2 fully saturated rings. The molecule has 0 spiro atoms. The number of hydrogen-bond acceptors (Lipinski definition) is 4. The van der Waals surface area contributed by atoms with E-state index in [0.29, 0.717) is 19.3 Å². The maximum atomic E-state index is 9.36. The normalized spacial score (nSPS) is 30.4. The van der Waals surface area contributed by atoms with Gasteiger partial charge in [0.15, 0.2) is 0 Å². The van der Waals surface area contributed by atoms with Crippen LogP contribution in [0, 0.1) is 0 Å². The summed E-state index contributed by atoms with van der Waals surface area (Å²) in [6, 6.07) is 0.588. The van der Waals surface area contributed by atoms with Crippen molar-refractivity contribution < 1.29 is 14.6 Å². The second-order valence-electron chi connectivity index (χ2n) is 4.93. The fraction of sp³-hybridized carbons (Fsp3) is 1.00. The summed E-state index contributed by atoms with van der Waals surface area (Å²) in [7, 11) is 0. The molecule has 1 aliphatic carbocycles. The molecule has 2 atom stereocenters. The van der Waals surface area contributed by atoms with Crippen LogP contribution in [-0.4, -0.2) is 49.2 Å². The van der Waals surface area contributed by atoms with Crippen LogP contribution in [0.3, 0.4) is 0 Å². The first-order valence-electron chi connectivity index (χ1n) is 5.80. The van der Waals surface area contributed by atoms with Gasteiger partial charge in [0.2, 0.25) is 0 Å². The zero-order valence-corrected chi connectivity index (χ0v) is 9.37. The van der Waals surface area contributed by atoms with Gasteiger partial charge in [0.1, 0.15) is 0 Å². The number of ether oxygens (including phenoxy) is 2. The van der Waals surface area contributed by atoms with Gasteiger partial charge in [-0.2, -0.15) is 0 Å². The molecule has 0 aromatic carbocycles. The summed E-state index contributed by atoms with van der Waals surface area (Å²) in [4.78, 5) is 0. The van der Waals surface area contributed by atoms with Crippen molar-refractivity contribution in [1.82, 2.24) is 5.32 Å². The van der Waals surface area contributed by atoms with Gasteiger partial charge in [-0.25, -0.2) is 0 Å². The lowest BCUT2D eigenvalue weighted by molar-refractivity contribution is -0.00775. The van der Waals surface area contributed by atoms with Crippen molar-refractivity contribution in [3.63, 3.8) is 0 Å². The van der Waals surface area contributed by atoms with E-state index in [9.17, 15) is 5.11 Å². The maximum absolute atomic E-state index is 9.36. The third kappa shape index (κ3) is 3.41. The smallest absolute Gasteiger partial charge is 0.0831 e. The van der Waals surface area contributed by atoms with Crippen LogP contribution < -0.4 is 5.32 Å². The Labute approximate surface area is 90.9 Å². The number of aliphatic hydroxyl groups is 1. The molecule has 2 aliphatic rings. The van der Waals surface area contributed by atoms with Gasteiger partial charge in [-0.3, -0.25) is 0 Å². The van der Waals surface area contributed by atoms with Crippen LogP contribution in [0.1, 0.15) is 26.2 Å². The molecular weight excluding hydrogens is 194 g/mol. The van der Waals surface area contributed by atoms with Gasteiger partial charge in [-0.15, -0.1) is 0 Å². The first-order valence-corrected chi connectivity index (χ1v) is 5.80. The van der Waals surface area contributed by atoms with E-state index in [2.05, 4.69) is 5.32 Å². The minimum absolute atomic E-state index is 0.122. The topological polar surface area (TPSA) is 50.7 Å². The molecule has 1 saturated carbocycles. The zero-order chi connectivity index (χ0) is 10.7. The van der Waals surface area contributed by atoms with Crippen molar-refractivity contribution in [3.8, 4) is 0 Å². The Hall–Kier alpha value is -0.160. The molecule has 1 aliphatic heterocycles. The third-order valence-corrected chi connectivity index (χ3v) is 3.00. The first kappa shape index (κ1) is 11.3. The molecule has 1 saturated heterocycles. The van der Waals surface area contributed by atoms with E-state index >= 15 is 0 Å². The summed E-state index contributed by atoms with van der Waals surface area (Å²) < 4.78 is 11.0. The number of rotatable bonds is 6. The average molecular weight is 215 g/mol. The highest BCUT2D eigenvalue weighted by molar-refractivity contribution is 4.92. The molecule has 0 amide bonds. The number of hydrogen-bond donors (Lipinski definition) is 2. The van der Waals surface area contributed by atoms with E-state index in [1.807, 2.05) is 6.92 Å². The van der Waals surface area contributed by atoms with Crippen LogP contribution >= 0.6 is 0 Å². The Morgan fingerprint density at radius 3 is 2.80 bits per heavy atom. The lowest BCUT2D eigenvalue weighted by Gasteiger charge is -2.29. The van der Waals surface area contributed by atoms with Gasteiger partial charge in [0, 0.05) is 12.6 Å². The van der Waals surface area contributed by atoms with Crippen molar-refractivity contribution in [3.05, 3.63) is 0 Å². The SMILES string of the molecule is CC(CO)(COC1CCOC1)NC1CC1. The lowest BCUT2D eigenvalue weighted by Crippen LogP contribution is -2.51. The van der Waals surface area contributed by atoms with Gasteiger partial charge in [0.05, 0.1) is 31.5 Å². The highest BCUT2D eigenvalue weighted by atomic mass is 16.5. The van der Waals surface area contributed by atoms with Crippen LogP contribution in [0.15, 0.2) is 0 Å². The summed E-state index contributed by atoms with van der Waals surface area (Å²) in [5.74, 6) is 0. The number of nitrogens with one attached hydrogen (secondary N) is 1. The Morgan fingerprint density at radius 1 is 1.47 bits per heavy atom. The van der Waals surface area contributed by atoms with Crippen molar-refractivity contribution in [2.45, 2.75) is 43.9 Å². The molecule has 0 aromatic heterocycles. The van der Waals surface area contributed by atoms with Gasteiger partial charge in [-0.05, 0) is 26.2 Å². The molecule has 0 radical (unpaired) electrons. The molecule has 1 heterocycles. The summed E-state index contributed by atoms with van der Waals surface area (Å²) in [6.07, 6.45) is 3.65. The van der Waals surface area contributed by atoms with E-state index < -0.39 is 0 Å². The van der Waals surface area contributed by atoms with Gasteiger partial charge in [0.25, 0.3) is 0 Å². The maximum Gasteiger partial charge on any atom is 0.0831 e. The molecule has 88 valence electrons. The standard InChI is InChI=1S/C11H21NO3/c1-11(7-13,12-9-2-3-9)8-15-10-4-5-14-6-10/h9-10,12-13H,2-8H2,1H3. The van der Waals surface area contributed by atoms with E-state index in [1.165, 1.54) is 12.8 Å². The molecule has 2 unspecified atom stereocenters. The minimum Gasteiger partial charge on any atom is -0.394 e. The van der Waals surface area contributed by atoms with Gasteiger partial charge in [-0.1, -0.05) is 0 Å². The van der Waals surface area contributed by atoms with Gasteiger partial charge < -0.3 is 19.9 Å². The van der Waals surface area contributed by atoms with Crippen LogP contribution in [0.4, 0.5) is 0 Å². The zero-order valence-electron chi connectivity index (χ0n) is 9.37. The average Bonchev–Trinajstić information content (AvgIpc) is 2.88. The summed E-state index contributed by atoms with van der Waals surface area (Å²) in [5, 5.41) is 12.8. The minimum atomic E-state index is -0.288. The quantitative estimate of drug-likeness (QED) is 0.669. The molecular formula is C11H21NO3. The Balaban J connectivity index is 1.72. The third-order valence-electron chi connectivity index (χ3n) is 3.00. The van der Waals surface area contributed by atoms with Crippen molar-refractivity contribution >= 4 is 0 Å². The van der Waals surface area contributed by atoms with Crippen LogP contribution in [0.25, 0.3) is 0 Å². The second-order valence-corrected chi connectivity index (χ2v) is 4.93. The molecule has 2 rings (SSSR count). The Kier molecular flexibility index (Phi) is 3.61. The largest absolute Gasteiger partial charge is 0.394 e. The molecule has 0 bridgehead atoms. The predicted octanol–water partition coefficient (Wildman–Crippen LogP) is 0.295. The lowest BCUT2D eigenvalue weighted by atomic mass is 10.1. The molecule has 2 N–H and O–H groups in total. The first-order chi connectivity index (χ1) is 7.22. The molecule has 15 heavy (non-hydrogen) atoms. The van der Waals surface area contributed by atoms with Crippen LogP contribution in [-0.2, 0) is 9.47 Å². The summed E-state index contributed by atoms with van der Waals surface area (Å²) in [5.41, 5.74) is -0.288. The van der Waals surface area contributed by atoms with Crippen molar-refractivity contribution in [1.29, 1.82) is 0 Å². The molecule has 4 nitrogen and oxygen atoms in total. The Bertz CT molecular complexity index is 202. The Morgan fingerprint density at radius 2 is 2.27 bits per heavy atom. The van der Waals surface area contributed by atoms with E-state index in [0.717, 1.165) is 13.0 Å². The van der Waals surface area contributed by atoms with Crippen molar-refractivity contribution in [2.75, 3.05) is 26.4 Å². The summed E-state index contributed by atoms with van der Waals surface area (Å²) >= 11 is 0. The molecule has 4 heteroatoms. The van der Waals surface area contributed by atoms with E-state index in [4.69, 9.17) is 9.47 Å². The van der Waals surface area contributed by atoms with Crippen LogP contribution in [0.2, 0.25) is 0 Å². The highest BCUT2D eigenvalue weighted by Gasteiger charge is 2.33. The van der Waals surface area contributed by atoms with Crippen LogP contribution in [0.5, 0.6) is 0 Å². The highest BCUT2D eigenvalue weighted by Crippen LogP contribution is 2.23. The van der Waals surface area contributed by atoms with Gasteiger partial charge >= 0.3 is 0 Å². The monoisotopic (exact) mass is 215 g/mol. The fourth-order valence-corrected chi connectivity index (χ4v) is 1.80. The van der Waals surface area contributed by atoms with Crippen molar-refractivity contribution in [2.24, 2.45) is 0 Å². The predicted molar refractivity (Wildman–Crippen MR) is 56.8 cm³/mol.